The zero-order valence-electron chi connectivity index (χ0n) is 14.5. The maximum atomic E-state index is 12.7. The summed E-state index contributed by atoms with van der Waals surface area (Å²) in [4.78, 5) is 38.0. The fourth-order valence-electron chi connectivity index (χ4n) is 2.76. The molecule has 1 N–H and O–H groups in total. The number of hydrogen-bond acceptors (Lipinski definition) is 4. The van der Waals surface area contributed by atoms with Gasteiger partial charge in [-0.2, -0.15) is 0 Å². The van der Waals surface area contributed by atoms with Gasteiger partial charge in [0, 0.05) is 0 Å². The summed E-state index contributed by atoms with van der Waals surface area (Å²) < 4.78 is 5.21. The minimum Gasteiger partial charge on any atom is -0.496 e. The second-order valence-electron chi connectivity index (χ2n) is 5.92. The van der Waals surface area contributed by atoms with E-state index in [0.717, 1.165) is 16.0 Å². The van der Waals surface area contributed by atoms with E-state index in [1.165, 1.54) is 6.08 Å². The number of methoxy groups -OCH3 is 1. The lowest BCUT2D eigenvalue weighted by Gasteiger charge is -2.26. The van der Waals surface area contributed by atoms with E-state index in [1.807, 2.05) is 43.3 Å². The van der Waals surface area contributed by atoms with Crippen molar-refractivity contribution in [1.82, 2.24) is 10.2 Å². The van der Waals surface area contributed by atoms with Crippen molar-refractivity contribution in [3.63, 3.8) is 0 Å². The Hall–Kier alpha value is -3.41. The van der Waals surface area contributed by atoms with Crippen molar-refractivity contribution in [2.45, 2.75) is 13.5 Å². The molecule has 0 saturated carbocycles. The average Bonchev–Trinajstić information content (AvgIpc) is 2.63. The van der Waals surface area contributed by atoms with Gasteiger partial charge >= 0.3 is 6.03 Å². The van der Waals surface area contributed by atoms with Crippen LogP contribution < -0.4 is 10.1 Å². The molecule has 0 atom stereocenters. The predicted octanol–water partition coefficient (Wildman–Crippen LogP) is 2.67. The largest absolute Gasteiger partial charge is 0.496 e. The number of nitrogens with zero attached hydrogens (tertiary/aromatic N) is 1. The van der Waals surface area contributed by atoms with Crippen molar-refractivity contribution in [2.24, 2.45) is 0 Å². The Labute approximate surface area is 151 Å². The highest BCUT2D eigenvalue weighted by Crippen LogP contribution is 2.22. The maximum Gasteiger partial charge on any atom is 0.331 e. The van der Waals surface area contributed by atoms with E-state index in [-0.39, 0.29) is 12.1 Å². The summed E-state index contributed by atoms with van der Waals surface area (Å²) in [6, 6.07) is 13.7. The molecule has 2 aromatic carbocycles. The molecule has 6 heteroatoms. The summed E-state index contributed by atoms with van der Waals surface area (Å²) in [6.07, 6.45) is 1.48. The molecule has 0 bridgehead atoms. The number of amides is 4. The molecule has 0 radical (unpaired) electrons. The van der Waals surface area contributed by atoms with Crippen LogP contribution in [0, 0.1) is 6.92 Å². The van der Waals surface area contributed by atoms with Gasteiger partial charge in [-0.1, -0.05) is 36.4 Å². The van der Waals surface area contributed by atoms with Gasteiger partial charge in [-0.25, -0.2) is 4.79 Å². The quantitative estimate of drug-likeness (QED) is 0.679. The van der Waals surface area contributed by atoms with Crippen molar-refractivity contribution >= 4 is 23.9 Å². The summed E-state index contributed by atoms with van der Waals surface area (Å²) in [5, 5.41) is 2.22. The topological polar surface area (TPSA) is 75.7 Å². The van der Waals surface area contributed by atoms with Gasteiger partial charge < -0.3 is 4.74 Å². The van der Waals surface area contributed by atoms with Gasteiger partial charge in [-0.3, -0.25) is 19.8 Å². The summed E-state index contributed by atoms with van der Waals surface area (Å²) in [7, 11) is 1.58. The molecular weight excluding hydrogens is 332 g/mol. The number of rotatable bonds is 4. The van der Waals surface area contributed by atoms with Crippen LogP contribution in [0.2, 0.25) is 0 Å². The normalized spacial score (nSPS) is 16.0. The van der Waals surface area contributed by atoms with Gasteiger partial charge in [-0.15, -0.1) is 0 Å². The van der Waals surface area contributed by atoms with E-state index in [0.29, 0.717) is 11.3 Å². The van der Waals surface area contributed by atoms with E-state index in [2.05, 4.69) is 5.32 Å². The third-order valence-corrected chi connectivity index (χ3v) is 4.10. The average molecular weight is 350 g/mol. The second-order valence-corrected chi connectivity index (χ2v) is 5.92. The van der Waals surface area contributed by atoms with Gasteiger partial charge in [0.05, 0.1) is 13.7 Å². The lowest BCUT2D eigenvalue weighted by Crippen LogP contribution is -2.53. The Kier molecular flexibility index (Phi) is 4.84. The number of ether oxygens (including phenoxy) is 1. The standard InChI is InChI=1S/C20H18N2O4/c1-13-10-15(8-9-17(13)26-2)11-16-18(23)21-20(25)22(19(16)24)12-14-6-4-3-5-7-14/h3-11H,12H2,1-2H3,(H,21,23,25)/b16-11+. The molecular formula is C20H18N2O4. The Bertz CT molecular complexity index is 903. The van der Waals surface area contributed by atoms with Gasteiger partial charge in [0.1, 0.15) is 11.3 Å². The number of imide groups is 2. The van der Waals surface area contributed by atoms with Crippen LogP contribution in [0.15, 0.2) is 54.1 Å². The first-order chi connectivity index (χ1) is 12.5. The molecule has 0 unspecified atom stereocenters. The molecule has 4 amide bonds. The minimum absolute atomic E-state index is 0.0786. The third-order valence-electron chi connectivity index (χ3n) is 4.10. The van der Waals surface area contributed by atoms with Crippen LogP contribution in [0.4, 0.5) is 4.79 Å². The van der Waals surface area contributed by atoms with Crippen LogP contribution in [-0.2, 0) is 16.1 Å². The Morgan fingerprint density at radius 1 is 1.08 bits per heavy atom. The Morgan fingerprint density at radius 2 is 1.81 bits per heavy atom. The highest BCUT2D eigenvalue weighted by atomic mass is 16.5. The van der Waals surface area contributed by atoms with Crippen LogP contribution >= 0.6 is 0 Å². The number of aryl methyl sites for hydroxylation is 1. The molecule has 1 fully saturated rings. The molecule has 1 aliphatic rings. The number of barbiturate groups is 1. The molecule has 3 rings (SSSR count). The van der Waals surface area contributed by atoms with Crippen LogP contribution in [0.1, 0.15) is 16.7 Å². The van der Waals surface area contributed by atoms with E-state index in [9.17, 15) is 14.4 Å². The molecule has 0 spiro atoms. The first kappa shape index (κ1) is 17.4. The van der Waals surface area contributed by atoms with Crippen LogP contribution in [-0.4, -0.2) is 29.9 Å². The first-order valence-electron chi connectivity index (χ1n) is 8.07. The minimum atomic E-state index is -0.716. The van der Waals surface area contributed by atoms with Crippen LogP contribution in [0.5, 0.6) is 5.75 Å². The van der Waals surface area contributed by atoms with Crippen LogP contribution in [0.25, 0.3) is 6.08 Å². The van der Waals surface area contributed by atoms with Crippen molar-refractivity contribution in [3.8, 4) is 5.75 Å². The number of benzene rings is 2. The summed E-state index contributed by atoms with van der Waals surface area (Å²) in [6.45, 7) is 1.96. The fourth-order valence-corrected chi connectivity index (χ4v) is 2.76. The summed E-state index contributed by atoms with van der Waals surface area (Å²) in [5.41, 5.74) is 2.27. The number of nitrogens with one attached hydrogen (secondary N) is 1. The third kappa shape index (κ3) is 3.49. The molecule has 0 aromatic heterocycles. The fraction of sp³-hybridized carbons (Fsp3) is 0.150. The SMILES string of the molecule is COc1ccc(/C=C2\C(=O)NC(=O)N(Cc3ccccc3)C2=O)cc1C. The lowest BCUT2D eigenvalue weighted by atomic mass is 10.0. The van der Waals surface area contributed by atoms with Gasteiger partial charge in [0.25, 0.3) is 11.8 Å². The maximum absolute atomic E-state index is 12.7. The number of urea groups is 1. The Morgan fingerprint density at radius 3 is 2.46 bits per heavy atom. The lowest BCUT2D eigenvalue weighted by molar-refractivity contribution is -0.130. The van der Waals surface area contributed by atoms with Gasteiger partial charge in [0.2, 0.25) is 0 Å². The number of hydrogen-bond donors (Lipinski definition) is 1. The summed E-state index contributed by atoms with van der Waals surface area (Å²) in [5.74, 6) is -0.596. The van der Waals surface area contributed by atoms with Gasteiger partial charge in [-0.05, 0) is 41.8 Å². The van der Waals surface area contributed by atoms with E-state index < -0.39 is 17.8 Å². The molecule has 1 heterocycles. The van der Waals surface area contributed by atoms with Crippen molar-refractivity contribution in [2.75, 3.05) is 7.11 Å². The predicted molar refractivity (Wildman–Crippen MR) is 96.2 cm³/mol. The molecule has 1 saturated heterocycles. The molecule has 26 heavy (non-hydrogen) atoms. The monoisotopic (exact) mass is 350 g/mol. The molecule has 1 aliphatic heterocycles. The van der Waals surface area contributed by atoms with Gasteiger partial charge in [0.15, 0.2) is 0 Å². The smallest absolute Gasteiger partial charge is 0.331 e. The van der Waals surface area contributed by atoms with Crippen molar-refractivity contribution in [1.29, 1.82) is 0 Å². The Balaban J connectivity index is 1.91. The second kappa shape index (κ2) is 7.23. The van der Waals surface area contributed by atoms with Crippen LogP contribution in [0.3, 0.4) is 0 Å². The first-order valence-corrected chi connectivity index (χ1v) is 8.07. The van der Waals surface area contributed by atoms with E-state index >= 15 is 0 Å². The number of carbonyl (C=O) groups excluding carboxylic acids is 3. The molecule has 2 aromatic rings. The van der Waals surface area contributed by atoms with E-state index in [1.54, 1.807) is 19.2 Å². The summed E-state index contributed by atoms with van der Waals surface area (Å²) >= 11 is 0. The van der Waals surface area contributed by atoms with Crippen molar-refractivity contribution in [3.05, 3.63) is 70.8 Å². The highest BCUT2D eigenvalue weighted by molar-refractivity contribution is 6.30. The highest BCUT2D eigenvalue weighted by Gasteiger charge is 2.35. The molecule has 6 nitrogen and oxygen atoms in total. The van der Waals surface area contributed by atoms with E-state index in [4.69, 9.17) is 4.74 Å². The van der Waals surface area contributed by atoms with Crippen molar-refractivity contribution < 1.29 is 19.1 Å². The molecule has 0 aliphatic carbocycles. The zero-order valence-corrected chi connectivity index (χ0v) is 14.5. The zero-order chi connectivity index (χ0) is 18.7. The molecule has 132 valence electrons. The number of carbonyl (C=O) groups is 3.